The van der Waals surface area contributed by atoms with Gasteiger partial charge in [-0.15, -0.1) is 0 Å². The molecule has 0 fully saturated rings. The van der Waals surface area contributed by atoms with E-state index in [-0.39, 0.29) is 5.54 Å². The molecule has 0 amide bonds. The van der Waals surface area contributed by atoms with E-state index < -0.39 is 0 Å². The number of pyridine rings is 1. The maximum Gasteiger partial charge on any atom is 0.114 e. The van der Waals surface area contributed by atoms with Crippen LogP contribution in [0.3, 0.4) is 0 Å². The van der Waals surface area contributed by atoms with Crippen LogP contribution in [0.4, 0.5) is 0 Å². The van der Waals surface area contributed by atoms with E-state index in [1.807, 2.05) is 18.3 Å². The Morgan fingerprint density at radius 3 is 2.69 bits per heavy atom. The van der Waals surface area contributed by atoms with E-state index in [2.05, 4.69) is 46.7 Å². The molecule has 0 aliphatic rings. The van der Waals surface area contributed by atoms with Gasteiger partial charge in [-0.25, -0.2) is 4.98 Å². The smallest absolute Gasteiger partial charge is 0.114 e. The van der Waals surface area contributed by atoms with Gasteiger partial charge in [0.2, 0.25) is 0 Å². The number of aromatic nitrogens is 1. The third kappa shape index (κ3) is 3.68. The molecule has 0 atom stereocenters. The molecule has 1 aromatic heterocycles. The molecule has 2 nitrogen and oxygen atoms in total. The van der Waals surface area contributed by atoms with Crippen molar-refractivity contribution in [2.75, 3.05) is 0 Å². The number of hydrogen-bond donors (Lipinski definition) is 0. The summed E-state index contributed by atoms with van der Waals surface area (Å²) in [6.07, 6.45) is 3.59. The van der Waals surface area contributed by atoms with E-state index in [0.717, 1.165) is 10.2 Å². The van der Waals surface area contributed by atoms with Crippen LogP contribution in [0, 0.1) is 0 Å². The quantitative estimate of drug-likeness (QED) is 0.548. The number of nitrogens with zero attached hydrogens (tertiary/aromatic N) is 2. The highest BCUT2D eigenvalue weighted by molar-refractivity contribution is 9.10. The fraction of sp³-hybridized carbons (Fsp3) is 0.400. The maximum absolute atomic E-state index is 4.39. The predicted octanol–water partition coefficient (Wildman–Crippen LogP) is 3.06. The molecule has 0 aliphatic carbocycles. The molecule has 1 aromatic rings. The zero-order valence-electron chi connectivity index (χ0n) is 8.08. The summed E-state index contributed by atoms with van der Waals surface area (Å²) in [6.45, 7) is 6.19. The van der Waals surface area contributed by atoms with Crippen molar-refractivity contribution in [3.63, 3.8) is 0 Å². The van der Waals surface area contributed by atoms with Crippen LogP contribution in [0.1, 0.15) is 26.3 Å². The summed E-state index contributed by atoms with van der Waals surface area (Å²) in [7, 11) is 0. The predicted molar refractivity (Wildman–Crippen MR) is 59.3 cm³/mol. The summed E-state index contributed by atoms with van der Waals surface area (Å²) in [6, 6.07) is 3.88. The molecule has 0 radical (unpaired) electrons. The summed E-state index contributed by atoms with van der Waals surface area (Å²) in [5, 5.41) is 0. The summed E-state index contributed by atoms with van der Waals surface area (Å²) >= 11 is 3.36. The first-order chi connectivity index (χ1) is 5.99. The molecule has 0 unspecified atom stereocenters. The Labute approximate surface area is 87.2 Å². The summed E-state index contributed by atoms with van der Waals surface area (Å²) in [5.41, 5.74) is 0.979. The van der Waals surface area contributed by atoms with Crippen molar-refractivity contribution >= 4 is 22.1 Å². The summed E-state index contributed by atoms with van der Waals surface area (Å²) < 4.78 is 0.836. The van der Waals surface area contributed by atoms with Gasteiger partial charge in [-0.2, -0.15) is 0 Å². The Kier molecular flexibility index (Phi) is 3.20. The average molecular weight is 241 g/mol. The second kappa shape index (κ2) is 4.01. The molecule has 0 saturated heterocycles. The fourth-order valence-electron chi connectivity index (χ4n) is 0.758. The average Bonchev–Trinajstić information content (AvgIpc) is 2.01. The minimum absolute atomic E-state index is 0.0325. The van der Waals surface area contributed by atoms with E-state index in [9.17, 15) is 0 Å². The Morgan fingerprint density at radius 1 is 1.46 bits per heavy atom. The molecule has 1 heterocycles. The molecular weight excluding hydrogens is 228 g/mol. The first-order valence-electron chi connectivity index (χ1n) is 4.15. The minimum Gasteiger partial charge on any atom is -0.287 e. The van der Waals surface area contributed by atoms with E-state index in [4.69, 9.17) is 0 Å². The largest absolute Gasteiger partial charge is 0.287 e. The van der Waals surface area contributed by atoms with Gasteiger partial charge in [0.15, 0.2) is 0 Å². The molecule has 0 aromatic carbocycles. The molecule has 13 heavy (non-hydrogen) atoms. The Bertz CT molecular complexity index is 313. The van der Waals surface area contributed by atoms with Crippen LogP contribution >= 0.6 is 15.9 Å². The number of halogens is 1. The highest BCUT2D eigenvalue weighted by Gasteiger charge is 2.05. The van der Waals surface area contributed by atoms with Crippen LogP contribution in [-0.2, 0) is 0 Å². The van der Waals surface area contributed by atoms with Crippen LogP contribution in [0.2, 0.25) is 0 Å². The highest BCUT2D eigenvalue weighted by Crippen LogP contribution is 2.12. The van der Waals surface area contributed by atoms with Crippen LogP contribution in [0.25, 0.3) is 0 Å². The molecule has 1 rings (SSSR count). The van der Waals surface area contributed by atoms with Crippen molar-refractivity contribution in [2.45, 2.75) is 26.3 Å². The number of rotatable bonds is 1. The van der Waals surface area contributed by atoms with Crippen LogP contribution < -0.4 is 0 Å². The van der Waals surface area contributed by atoms with Gasteiger partial charge in [0, 0.05) is 18.0 Å². The summed E-state index contributed by atoms with van der Waals surface area (Å²) in [4.78, 5) is 8.50. The lowest BCUT2D eigenvalue weighted by Gasteiger charge is -2.10. The third-order valence-corrected chi connectivity index (χ3v) is 2.04. The Balaban J connectivity index is 2.86. The third-order valence-electron chi connectivity index (χ3n) is 1.38. The first kappa shape index (κ1) is 10.4. The van der Waals surface area contributed by atoms with Crippen molar-refractivity contribution in [2.24, 2.45) is 4.99 Å². The SMILES string of the molecule is CC(C)(C)/N=C\c1cccnc1Br. The van der Waals surface area contributed by atoms with Crippen LogP contribution in [0.5, 0.6) is 0 Å². The maximum atomic E-state index is 4.39. The van der Waals surface area contributed by atoms with E-state index >= 15 is 0 Å². The van der Waals surface area contributed by atoms with Gasteiger partial charge < -0.3 is 0 Å². The molecule has 0 bridgehead atoms. The van der Waals surface area contributed by atoms with E-state index in [0.29, 0.717) is 0 Å². The zero-order chi connectivity index (χ0) is 9.90. The van der Waals surface area contributed by atoms with E-state index in [1.165, 1.54) is 0 Å². The van der Waals surface area contributed by atoms with Crippen molar-refractivity contribution < 1.29 is 0 Å². The Hall–Kier alpha value is -0.700. The molecule has 0 N–H and O–H groups in total. The molecule has 70 valence electrons. The fourth-order valence-corrected chi connectivity index (χ4v) is 1.11. The first-order valence-corrected chi connectivity index (χ1v) is 4.94. The molecule has 0 spiro atoms. The van der Waals surface area contributed by atoms with Crippen LogP contribution in [0.15, 0.2) is 27.9 Å². The number of hydrogen-bond acceptors (Lipinski definition) is 2. The van der Waals surface area contributed by atoms with Gasteiger partial charge in [0.05, 0.1) is 5.54 Å². The van der Waals surface area contributed by atoms with Gasteiger partial charge >= 0.3 is 0 Å². The van der Waals surface area contributed by atoms with Crippen molar-refractivity contribution in [3.8, 4) is 0 Å². The summed E-state index contributed by atoms with van der Waals surface area (Å²) in [5.74, 6) is 0. The molecule has 3 heteroatoms. The monoisotopic (exact) mass is 240 g/mol. The van der Waals surface area contributed by atoms with Gasteiger partial charge in [0.25, 0.3) is 0 Å². The van der Waals surface area contributed by atoms with Crippen LogP contribution in [-0.4, -0.2) is 16.7 Å². The lowest BCUT2D eigenvalue weighted by Crippen LogP contribution is -2.09. The standard InChI is InChI=1S/C10H13BrN2/c1-10(2,3)13-7-8-5-4-6-12-9(8)11/h4-7H,1-3H3/b13-7-. The lowest BCUT2D eigenvalue weighted by atomic mass is 10.1. The molecule has 0 saturated carbocycles. The second-order valence-corrected chi connectivity index (χ2v) is 4.56. The molecule has 0 aliphatic heterocycles. The van der Waals surface area contributed by atoms with Gasteiger partial charge in [-0.3, -0.25) is 4.99 Å². The highest BCUT2D eigenvalue weighted by atomic mass is 79.9. The minimum atomic E-state index is -0.0325. The Morgan fingerprint density at radius 2 is 2.15 bits per heavy atom. The van der Waals surface area contributed by atoms with Gasteiger partial charge in [0.1, 0.15) is 4.60 Å². The van der Waals surface area contributed by atoms with E-state index in [1.54, 1.807) is 6.20 Å². The normalized spacial score (nSPS) is 12.3. The molecular formula is C10H13BrN2. The second-order valence-electron chi connectivity index (χ2n) is 3.81. The van der Waals surface area contributed by atoms with Crippen molar-refractivity contribution in [3.05, 3.63) is 28.5 Å². The van der Waals surface area contributed by atoms with Gasteiger partial charge in [-0.05, 0) is 48.8 Å². The number of aliphatic imine (C=N–C) groups is 1. The van der Waals surface area contributed by atoms with Crippen molar-refractivity contribution in [1.29, 1.82) is 0 Å². The topological polar surface area (TPSA) is 25.2 Å². The zero-order valence-corrected chi connectivity index (χ0v) is 9.67. The lowest BCUT2D eigenvalue weighted by molar-refractivity contribution is 0.586. The van der Waals surface area contributed by atoms with Gasteiger partial charge in [-0.1, -0.05) is 0 Å². The van der Waals surface area contributed by atoms with Crippen molar-refractivity contribution in [1.82, 2.24) is 4.98 Å².